The number of amides is 1. The highest BCUT2D eigenvalue weighted by atomic mass is 16.4. The summed E-state index contributed by atoms with van der Waals surface area (Å²) < 4.78 is 0. The SMILES string of the molecule is C[C@H](NC(=O)C1C2CCc3ccccc3C21)C(=O)O. The molecule has 2 aliphatic rings. The predicted molar refractivity (Wildman–Crippen MR) is 69.7 cm³/mol. The fourth-order valence-corrected chi connectivity index (χ4v) is 3.30. The average molecular weight is 259 g/mol. The zero-order valence-corrected chi connectivity index (χ0v) is 10.8. The maximum Gasteiger partial charge on any atom is 0.325 e. The third-order valence-corrected chi connectivity index (χ3v) is 4.36. The molecule has 4 nitrogen and oxygen atoms in total. The summed E-state index contributed by atoms with van der Waals surface area (Å²) in [5.74, 6) is -0.439. The van der Waals surface area contributed by atoms with Crippen LogP contribution in [-0.4, -0.2) is 23.0 Å². The number of hydrogen-bond donors (Lipinski definition) is 2. The van der Waals surface area contributed by atoms with Gasteiger partial charge in [0, 0.05) is 5.92 Å². The molecule has 1 aromatic rings. The second-order valence-electron chi connectivity index (χ2n) is 5.52. The molecule has 0 radical (unpaired) electrons. The zero-order valence-electron chi connectivity index (χ0n) is 10.8. The Morgan fingerprint density at radius 2 is 2.11 bits per heavy atom. The van der Waals surface area contributed by atoms with Crippen LogP contribution >= 0.6 is 0 Å². The fraction of sp³-hybridized carbons (Fsp3) is 0.467. The van der Waals surface area contributed by atoms with Gasteiger partial charge in [-0.3, -0.25) is 9.59 Å². The maximum atomic E-state index is 12.1. The number of carboxylic acids is 1. The highest BCUT2D eigenvalue weighted by molar-refractivity contribution is 5.88. The molecule has 19 heavy (non-hydrogen) atoms. The first kappa shape index (κ1) is 12.2. The van der Waals surface area contributed by atoms with Crippen LogP contribution in [0.15, 0.2) is 24.3 Å². The molecule has 0 spiro atoms. The van der Waals surface area contributed by atoms with Gasteiger partial charge in [0.1, 0.15) is 6.04 Å². The minimum absolute atomic E-state index is 0.0366. The minimum atomic E-state index is -0.989. The molecule has 4 heteroatoms. The number of rotatable bonds is 3. The largest absolute Gasteiger partial charge is 0.480 e. The van der Waals surface area contributed by atoms with Crippen molar-refractivity contribution in [2.24, 2.45) is 11.8 Å². The van der Waals surface area contributed by atoms with Gasteiger partial charge in [0.25, 0.3) is 0 Å². The molecule has 3 unspecified atom stereocenters. The van der Waals surface area contributed by atoms with E-state index in [9.17, 15) is 9.59 Å². The molecule has 0 bridgehead atoms. The molecule has 1 fully saturated rings. The van der Waals surface area contributed by atoms with Crippen LogP contribution < -0.4 is 5.32 Å². The second kappa shape index (κ2) is 4.37. The van der Waals surface area contributed by atoms with E-state index in [0.29, 0.717) is 11.8 Å². The Bertz CT molecular complexity index is 540. The van der Waals surface area contributed by atoms with Crippen LogP contribution in [0.4, 0.5) is 0 Å². The summed E-state index contributed by atoms with van der Waals surface area (Å²) >= 11 is 0. The molecular formula is C15H17NO3. The number of carbonyl (C=O) groups is 2. The van der Waals surface area contributed by atoms with E-state index >= 15 is 0 Å². The Balaban J connectivity index is 1.74. The van der Waals surface area contributed by atoms with Crippen LogP contribution in [0.1, 0.15) is 30.4 Å². The molecule has 2 aliphatic carbocycles. The quantitative estimate of drug-likeness (QED) is 0.865. The minimum Gasteiger partial charge on any atom is -0.480 e. The molecule has 1 aromatic carbocycles. The van der Waals surface area contributed by atoms with E-state index in [-0.39, 0.29) is 11.8 Å². The number of nitrogens with one attached hydrogen (secondary N) is 1. The van der Waals surface area contributed by atoms with Gasteiger partial charge >= 0.3 is 5.97 Å². The van der Waals surface area contributed by atoms with E-state index in [0.717, 1.165) is 12.8 Å². The van der Waals surface area contributed by atoms with E-state index in [2.05, 4.69) is 17.4 Å². The molecule has 0 saturated heterocycles. The molecule has 100 valence electrons. The van der Waals surface area contributed by atoms with Gasteiger partial charge in [-0.25, -0.2) is 0 Å². The molecule has 1 amide bonds. The molecule has 0 aromatic heterocycles. The Morgan fingerprint density at radius 3 is 2.84 bits per heavy atom. The van der Waals surface area contributed by atoms with Gasteiger partial charge in [-0.1, -0.05) is 24.3 Å². The first-order chi connectivity index (χ1) is 9.09. The van der Waals surface area contributed by atoms with Crippen LogP contribution in [0.2, 0.25) is 0 Å². The van der Waals surface area contributed by atoms with Crippen LogP contribution in [0.5, 0.6) is 0 Å². The molecule has 3 rings (SSSR count). The van der Waals surface area contributed by atoms with E-state index in [1.165, 1.54) is 18.1 Å². The standard InChI is InChI=1S/C15H17NO3/c1-8(15(18)19)16-14(17)13-11-7-6-9-4-2-3-5-10(9)12(11)13/h2-5,8,11-13H,6-7H2,1H3,(H,16,17)(H,18,19)/t8-,11?,12?,13?/m0/s1. The lowest BCUT2D eigenvalue weighted by Gasteiger charge is -2.13. The molecule has 0 heterocycles. The van der Waals surface area contributed by atoms with Crippen molar-refractivity contribution in [1.82, 2.24) is 5.32 Å². The molecular weight excluding hydrogens is 242 g/mol. The van der Waals surface area contributed by atoms with E-state index in [4.69, 9.17) is 5.11 Å². The Labute approximate surface area is 111 Å². The van der Waals surface area contributed by atoms with Gasteiger partial charge in [-0.15, -0.1) is 0 Å². The van der Waals surface area contributed by atoms with Crippen molar-refractivity contribution < 1.29 is 14.7 Å². The summed E-state index contributed by atoms with van der Waals surface area (Å²) in [5, 5.41) is 11.4. The second-order valence-corrected chi connectivity index (χ2v) is 5.52. The number of aliphatic carboxylic acids is 1. The van der Waals surface area contributed by atoms with Crippen LogP contribution in [0, 0.1) is 11.8 Å². The summed E-state index contributed by atoms with van der Waals surface area (Å²) in [6.45, 7) is 1.50. The van der Waals surface area contributed by atoms with Crippen molar-refractivity contribution >= 4 is 11.9 Å². The number of carboxylic acid groups (broad SMARTS) is 1. The summed E-state index contributed by atoms with van der Waals surface area (Å²) in [5.41, 5.74) is 2.62. The van der Waals surface area contributed by atoms with E-state index in [1.54, 1.807) is 0 Å². The van der Waals surface area contributed by atoms with Crippen LogP contribution in [0.25, 0.3) is 0 Å². The third-order valence-electron chi connectivity index (χ3n) is 4.36. The topological polar surface area (TPSA) is 66.4 Å². The number of benzene rings is 1. The van der Waals surface area contributed by atoms with E-state index in [1.807, 2.05) is 12.1 Å². The Morgan fingerprint density at radius 1 is 1.37 bits per heavy atom. The zero-order chi connectivity index (χ0) is 13.6. The maximum absolute atomic E-state index is 12.1. The summed E-state index contributed by atoms with van der Waals surface area (Å²) in [7, 11) is 0. The molecule has 1 saturated carbocycles. The number of fused-ring (bicyclic) bond motifs is 3. The lowest BCUT2D eigenvalue weighted by atomic mass is 9.92. The van der Waals surface area contributed by atoms with Crippen molar-refractivity contribution in [1.29, 1.82) is 0 Å². The summed E-state index contributed by atoms with van der Waals surface area (Å²) in [6, 6.07) is 7.45. The number of carbonyl (C=O) groups excluding carboxylic acids is 1. The van der Waals surface area contributed by atoms with Crippen molar-refractivity contribution in [3.8, 4) is 0 Å². The third kappa shape index (κ3) is 2.01. The average Bonchev–Trinajstić information content (AvgIpc) is 3.13. The van der Waals surface area contributed by atoms with E-state index < -0.39 is 12.0 Å². The summed E-state index contributed by atoms with van der Waals surface area (Å²) in [4.78, 5) is 22.9. The highest BCUT2D eigenvalue weighted by Gasteiger charge is 2.57. The lowest BCUT2D eigenvalue weighted by Crippen LogP contribution is -2.39. The highest BCUT2D eigenvalue weighted by Crippen LogP contribution is 2.59. The van der Waals surface area contributed by atoms with Crippen molar-refractivity contribution in [3.05, 3.63) is 35.4 Å². The normalized spacial score (nSPS) is 28.8. The monoisotopic (exact) mass is 259 g/mol. The lowest BCUT2D eigenvalue weighted by molar-refractivity contribution is -0.141. The summed E-state index contributed by atoms with van der Waals surface area (Å²) in [6.07, 6.45) is 2.05. The van der Waals surface area contributed by atoms with Crippen LogP contribution in [0.3, 0.4) is 0 Å². The van der Waals surface area contributed by atoms with Gasteiger partial charge in [0.05, 0.1) is 0 Å². The number of hydrogen-bond acceptors (Lipinski definition) is 2. The first-order valence-electron chi connectivity index (χ1n) is 6.70. The number of aryl methyl sites for hydroxylation is 1. The molecule has 2 N–H and O–H groups in total. The first-order valence-corrected chi connectivity index (χ1v) is 6.70. The smallest absolute Gasteiger partial charge is 0.325 e. The molecule has 0 aliphatic heterocycles. The Kier molecular flexibility index (Phi) is 2.81. The Hall–Kier alpha value is -1.84. The van der Waals surface area contributed by atoms with Gasteiger partial charge < -0.3 is 10.4 Å². The van der Waals surface area contributed by atoms with Gasteiger partial charge in [-0.05, 0) is 42.7 Å². The van der Waals surface area contributed by atoms with Crippen molar-refractivity contribution in [3.63, 3.8) is 0 Å². The van der Waals surface area contributed by atoms with Crippen molar-refractivity contribution in [2.45, 2.75) is 31.7 Å². The fourth-order valence-electron chi connectivity index (χ4n) is 3.30. The van der Waals surface area contributed by atoms with Gasteiger partial charge in [0.2, 0.25) is 5.91 Å². The van der Waals surface area contributed by atoms with Crippen LogP contribution in [-0.2, 0) is 16.0 Å². The van der Waals surface area contributed by atoms with Crippen molar-refractivity contribution in [2.75, 3.05) is 0 Å². The molecule has 4 atom stereocenters. The van der Waals surface area contributed by atoms with Gasteiger partial charge in [-0.2, -0.15) is 0 Å². The van der Waals surface area contributed by atoms with Gasteiger partial charge in [0.15, 0.2) is 0 Å². The predicted octanol–water partition coefficient (Wildman–Crippen LogP) is 1.55.